The maximum absolute atomic E-state index is 13.3. The number of aliphatic hydroxyl groups is 5. The van der Waals surface area contributed by atoms with Crippen molar-refractivity contribution in [2.45, 2.75) is 257 Å². The van der Waals surface area contributed by atoms with Gasteiger partial charge in [0.1, 0.15) is 0 Å². The summed E-state index contributed by atoms with van der Waals surface area (Å²) in [5.74, 6) is 3.24. The highest BCUT2D eigenvalue weighted by Crippen LogP contribution is 2.64. The SMILES string of the molecule is C.CC(C)(CCCC(C)(C/C=C\C(O)(C(F)(F)F)C(F)(F)F)[C@H]1CCC2[C@@H](O)CCC[C@@]21C)O[Si](C)(C)C.CC(C)(O)CCCC(C)(CC#CC(O)(C(F)(F)F)C(F)(F)F)[C@H]1CCC2[C@@H](O)CCC[C@@]21C. The van der Waals surface area contributed by atoms with Crippen LogP contribution in [-0.4, -0.2) is 93.2 Å². The number of halogens is 12. The van der Waals surface area contributed by atoms with Crippen molar-refractivity contribution in [3.05, 3.63) is 12.2 Å². The molecule has 0 aromatic rings. The average molecular weight is 1060 g/mol. The Balaban J connectivity index is 0.000000483. The van der Waals surface area contributed by atoms with Gasteiger partial charge in [0.15, 0.2) is 8.32 Å². The first kappa shape index (κ1) is 65.5. The van der Waals surface area contributed by atoms with E-state index in [2.05, 4.69) is 39.4 Å². The molecule has 0 radical (unpaired) electrons. The quantitative estimate of drug-likeness (QED) is 0.0456. The first-order valence-electron chi connectivity index (χ1n) is 24.9. The maximum atomic E-state index is 13.3. The Hall–Kier alpha value is -1.56. The molecule has 4 unspecified atom stereocenters. The largest absolute Gasteiger partial charge is 0.438 e. The average Bonchev–Trinajstić information content (AvgIpc) is 3.70. The Kier molecular flexibility index (Phi) is 20.8. The number of fused-ring (bicyclic) bond motifs is 2. The van der Waals surface area contributed by atoms with E-state index in [-0.39, 0.29) is 60.8 Å². The van der Waals surface area contributed by atoms with Crippen molar-refractivity contribution in [2.24, 2.45) is 45.3 Å². The molecule has 6 nitrogen and oxygen atoms in total. The van der Waals surface area contributed by atoms with Gasteiger partial charge in [0.25, 0.3) is 5.60 Å². The topological polar surface area (TPSA) is 110 Å². The van der Waals surface area contributed by atoms with Crippen LogP contribution < -0.4 is 0 Å². The zero-order valence-corrected chi connectivity index (χ0v) is 44.0. The highest BCUT2D eigenvalue weighted by molar-refractivity contribution is 6.69. The third kappa shape index (κ3) is 15.3. The minimum absolute atomic E-state index is 0. The summed E-state index contributed by atoms with van der Waals surface area (Å²) in [7, 11) is -1.81. The molecule has 0 saturated heterocycles. The Bertz CT molecular complexity index is 1780. The van der Waals surface area contributed by atoms with Gasteiger partial charge in [-0.2, -0.15) is 52.7 Å². The molecule has 418 valence electrons. The summed E-state index contributed by atoms with van der Waals surface area (Å²) in [6.07, 6.45) is -13.0. The lowest BCUT2D eigenvalue weighted by Gasteiger charge is -2.50. The molecule has 71 heavy (non-hydrogen) atoms. The normalized spacial score (nSPS) is 30.0. The lowest BCUT2D eigenvalue weighted by Crippen LogP contribution is -2.55. The van der Waals surface area contributed by atoms with Crippen molar-refractivity contribution in [2.75, 3.05) is 0 Å². The summed E-state index contributed by atoms with van der Waals surface area (Å²) >= 11 is 0. The highest BCUT2D eigenvalue weighted by atomic mass is 28.4. The van der Waals surface area contributed by atoms with E-state index in [0.29, 0.717) is 51.4 Å². The van der Waals surface area contributed by atoms with E-state index in [4.69, 9.17) is 4.43 Å². The molecule has 19 heteroatoms. The minimum Gasteiger partial charge on any atom is -0.413 e. The maximum Gasteiger partial charge on any atom is 0.438 e. The van der Waals surface area contributed by atoms with Gasteiger partial charge in [-0.25, -0.2) is 0 Å². The first-order chi connectivity index (χ1) is 31.2. The van der Waals surface area contributed by atoms with Gasteiger partial charge < -0.3 is 30.0 Å². The van der Waals surface area contributed by atoms with Crippen LogP contribution in [0.2, 0.25) is 19.6 Å². The molecule has 0 aromatic carbocycles. The molecule has 5 N–H and O–H groups in total. The fraction of sp³-hybridized carbons (Fsp3) is 0.923. The van der Waals surface area contributed by atoms with Gasteiger partial charge in [-0.15, -0.1) is 0 Å². The van der Waals surface area contributed by atoms with Gasteiger partial charge in [-0.1, -0.05) is 72.8 Å². The van der Waals surface area contributed by atoms with Crippen LogP contribution in [0.3, 0.4) is 0 Å². The number of rotatable bonds is 16. The van der Waals surface area contributed by atoms with Gasteiger partial charge in [0.2, 0.25) is 0 Å². The zero-order valence-electron chi connectivity index (χ0n) is 43.0. The Labute approximate surface area is 416 Å². The van der Waals surface area contributed by atoms with E-state index < -0.39 is 78.5 Å². The van der Waals surface area contributed by atoms with Crippen LogP contribution in [-0.2, 0) is 4.43 Å². The molecule has 0 aliphatic heterocycles. The van der Waals surface area contributed by atoms with E-state index in [1.165, 1.54) is 0 Å². The molecule has 0 heterocycles. The van der Waals surface area contributed by atoms with Gasteiger partial charge in [-0.3, -0.25) is 0 Å². The van der Waals surface area contributed by atoms with Crippen LogP contribution >= 0.6 is 0 Å². The van der Waals surface area contributed by atoms with Crippen LogP contribution in [0.25, 0.3) is 0 Å². The van der Waals surface area contributed by atoms with Gasteiger partial charge >= 0.3 is 30.3 Å². The van der Waals surface area contributed by atoms with Crippen LogP contribution in [0, 0.1) is 57.2 Å². The Morgan fingerprint density at radius 1 is 0.592 bits per heavy atom. The van der Waals surface area contributed by atoms with E-state index >= 15 is 0 Å². The fourth-order valence-corrected chi connectivity index (χ4v) is 15.4. The highest BCUT2D eigenvalue weighted by Gasteiger charge is 2.71. The number of hydrogen-bond donors (Lipinski definition) is 5. The molecule has 4 aliphatic carbocycles. The third-order valence-corrected chi connectivity index (χ3v) is 18.1. The lowest BCUT2D eigenvalue weighted by molar-refractivity contribution is -0.347. The summed E-state index contributed by atoms with van der Waals surface area (Å²) < 4.78 is 164. The lowest BCUT2D eigenvalue weighted by atomic mass is 9.56. The minimum atomic E-state index is -5.98. The monoisotopic (exact) mass is 1060 g/mol. The second-order valence-electron chi connectivity index (χ2n) is 24.8. The van der Waals surface area contributed by atoms with Crippen molar-refractivity contribution in [1.29, 1.82) is 0 Å². The number of alkyl halides is 12. The smallest absolute Gasteiger partial charge is 0.413 e. The van der Waals surface area contributed by atoms with E-state index in [1.807, 2.05) is 27.7 Å². The van der Waals surface area contributed by atoms with Gasteiger partial charge in [0, 0.05) is 6.42 Å². The van der Waals surface area contributed by atoms with Crippen molar-refractivity contribution in [1.82, 2.24) is 0 Å². The number of aliphatic hydroxyl groups excluding tert-OH is 2. The number of allylic oxidation sites excluding steroid dienone is 1. The zero-order chi connectivity index (χ0) is 54.2. The van der Waals surface area contributed by atoms with Gasteiger partial charge in [0.05, 0.1) is 23.4 Å². The van der Waals surface area contributed by atoms with E-state index in [1.54, 1.807) is 13.8 Å². The predicted octanol–water partition coefficient (Wildman–Crippen LogP) is 14.6. The summed E-state index contributed by atoms with van der Waals surface area (Å²) in [4.78, 5) is 0. The molecular weight excluding hydrogens is 977 g/mol. The molecule has 0 bridgehead atoms. The summed E-state index contributed by atoms with van der Waals surface area (Å²) in [6, 6.07) is 0. The molecule has 4 rings (SSSR count). The Morgan fingerprint density at radius 3 is 1.39 bits per heavy atom. The van der Waals surface area contributed by atoms with E-state index in [0.717, 1.165) is 63.4 Å². The van der Waals surface area contributed by atoms with Crippen LogP contribution in [0.4, 0.5) is 52.7 Å². The van der Waals surface area contributed by atoms with Crippen molar-refractivity contribution >= 4 is 8.32 Å². The van der Waals surface area contributed by atoms with Crippen LogP contribution in [0.15, 0.2) is 12.2 Å². The standard InChI is InChI=1S/C27H46F6O3Si.C24H36F6O3.CH4/c1-22(2,36-37(5,6)7)14-9-15-23(3,16-10-18-25(35,26(28,29)30)27(31,32)33)21-13-12-19-20(34)11-8-17-24(19,21)4;1-19(2,32)11-6-12-20(3,13-7-15-22(33,23(25,26)27)24(28,29)30)18-10-9-16-17(31)8-5-14-21(16,18)4;/h10,18-21,34-35H,8-9,11-17H2,1-7H3;16-18,31-33H,5-6,8-14H2,1-4H3;1H4/b18-10-;;/t19?,20-,21+,23?,24-;16?,17-,18+,20?,21-;/m00./s1. The molecule has 10 atom stereocenters. The summed E-state index contributed by atoms with van der Waals surface area (Å²) in [6.45, 7) is 21.6. The molecular formula is C52H86F12O6Si. The molecule has 0 aromatic heterocycles. The second-order valence-corrected chi connectivity index (χ2v) is 29.2. The summed E-state index contributed by atoms with van der Waals surface area (Å²) in [5.41, 5.74) is -13.2. The molecule has 4 fully saturated rings. The molecule has 4 aliphatic rings. The molecule has 0 amide bonds. The fourth-order valence-electron chi connectivity index (χ4n) is 13.6. The summed E-state index contributed by atoms with van der Waals surface area (Å²) in [5, 5.41) is 50.3. The molecule has 4 saturated carbocycles. The Morgan fingerprint density at radius 2 is 1.00 bits per heavy atom. The second kappa shape index (κ2) is 22.6. The van der Waals surface area contributed by atoms with Gasteiger partial charge in [-0.05, 0) is 188 Å². The third-order valence-electron chi connectivity index (χ3n) is 16.9. The molecule has 0 spiro atoms. The van der Waals surface area contributed by atoms with Crippen LogP contribution in [0.5, 0.6) is 0 Å². The number of hydrogen-bond acceptors (Lipinski definition) is 6. The van der Waals surface area contributed by atoms with Crippen molar-refractivity contribution in [3.8, 4) is 11.8 Å². The predicted molar refractivity (Wildman–Crippen MR) is 254 cm³/mol. The first-order valence-corrected chi connectivity index (χ1v) is 28.3. The van der Waals surface area contributed by atoms with Crippen LogP contribution in [0.1, 0.15) is 178 Å². The van der Waals surface area contributed by atoms with Crippen molar-refractivity contribution < 1.29 is 82.6 Å². The van der Waals surface area contributed by atoms with E-state index in [9.17, 15) is 78.2 Å². The van der Waals surface area contributed by atoms with Crippen molar-refractivity contribution in [3.63, 3.8) is 0 Å².